The van der Waals surface area contributed by atoms with Gasteiger partial charge in [-0.1, -0.05) is 32.9 Å². The van der Waals surface area contributed by atoms with Gasteiger partial charge in [-0.05, 0) is 70.5 Å². The molecule has 0 saturated carbocycles. The summed E-state index contributed by atoms with van der Waals surface area (Å²) in [7, 11) is -3.90. The molecule has 3 N–H and O–H groups in total. The van der Waals surface area contributed by atoms with Gasteiger partial charge in [-0.15, -0.1) is 11.3 Å². The van der Waals surface area contributed by atoms with Crippen LogP contribution in [0.4, 0.5) is 10.5 Å². The normalized spacial score (nSPS) is 12.3. The van der Waals surface area contributed by atoms with Gasteiger partial charge in [0.2, 0.25) is 15.9 Å². The maximum atomic E-state index is 13.5. The highest BCUT2D eigenvalue weighted by Crippen LogP contribution is 2.36. The van der Waals surface area contributed by atoms with Gasteiger partial charge in [-0.2, -0.15) is 0 Å². The number of thiazole rings is 1. The number of nitrogens with one attached hydrogen (secondary N) is 3. The van der Waals surface area contributed by atoms with Gasteiger partial charge in [-0.3, -0.25) is 10.1 Å². The van der Waals surface area contributed by atoms with Crippen LogP contribution in [0.15, 0.2) is 53.6 Å². The van der Waals surface area contributed by atoms with E-state index in [0.29, 0.717) is 26.7 Å². The maximum absolute atomic E-state index is 13.5. The molecule has 0 aliphatic rings. The molecule has 0 saturated heterocycles. The third kappa shape index (κ3) is 8.61. The molecule has 0 spiro atoms. The quantitative estimate of drug-likeness (QED) is 0.290. The summed E-state index contributed by atoms with van der Waals surface area (Å²) in [5.41, 5.74) is 1.33. The molecular formula is C29H38N4O5S2. The van der Waals surface area contributed by atoms with Crippen LogP contribution in [0.3, 0.4) is 0 Å². The molecule has 2 amide bonds. The first kappa shape index (κ1) is 31.3. The Bertz CT molecular complexity index is 1470. The smallest absolute Gasteiger partial charge is 0.411 e. The molecule has 2 aromatic carbocycles. The minimum Gasteiger partial charge on any atom is -0.447 e. The monoisotopic (exact) mass is 586 g/mol. The van der Waals surface area contributed by atoms with Crippen LogP contribution in [0.25, 0.3) is 21.0 Å². The van der Waals surface area contributed by atoms with Crippen LogP contribution in [0, 0.1) is 5.41 Å². The van der Waals surface area contributed by atoms with E-state index >= 15 is 0 Å². The number of hydrogen-bond donors (Lipinski definition) is 3. The molecule has 3 aromatic rings. The number of anilines is 1. The summed E-state index contributed by atoms with van der Waals surface area (Å²) in [5, 5.41) is 6.25. The third-order valence-electron chi connectivity index (χ3n) is 5.40. The number of rotatable bonds is 8. The van der Waals surface area contributed by atoms with E-state index in [1.807, 2.05) is 39.0 Å². The second-order valence-corrected chi connectivity index (χ2v) is 14.5. The Balaban J connectivity index is 1.93. The van der Waals surface area contributed by atoms with Crippen molar-refractivity contribution in [2.45, 2.75) is 78.5 Å². The van der Waals surface area contributed by atoms with E-state index in [2.05, 4.69) is 20.3 Å². The molecule has 0 aliphatic carbocycles. The molecule has 9 nitrogen and oxygen atoms in total. The third-order valence-corrected chi connectivity index (χ3v) is 8.28. The Kier molecular flexibility index (Phi) is 9.43. The van der Waals surface area contributed by atoms with Crippen molar-refractivity contribution in [2.24, 2.45) is 5.41 Å². The van der Waals surface area contributed by atoms with Gasteiger partial charge in [0, 0.05) is 40.5 Å². The summed E-state index contributed by atoms with van der Waals surface area (Å²) in [6.45, 7) is 14.6. The average Bonchev–Trinajstić information content (AvgIpc) is 3.30. The second kappa shape index (κ2) is 12.1. The van der Waals surface area contributed by atoms with E-state index < -0.39 is 27.1 Å². The summed E-state index contributed by atoms with van der Waals surface area (Å²) in [4.78, 5) is 29.6. The van der Waals surface area contributed by atoms with E-state index in [4.69, 9.17) is 4.74 Å². The summed E-state index contributed by atoms with van der Waals surface area (Å²) in [6.07, 6.45) is 0.897. The number of sulfonamides is 1. The lowest BCUT2D eigenvalue weighted by molar-refractivity contribution is -0.128. The lowest BCUT2D eigenvalue weighted by Crippen LogP contribution is -2.40. The van der Waals surface area contributed by atoms with Gasteiger partial charge in [0.05, 0.1) is 15.9 Å². The fraction of sp³-hybridized carbons (Fsp3) is 0.414. The average molecular weight is 587 g/mol. The van der Waals surface area contributed by atoms with Crippen molar-refractivity contribution in [3.63, 3.8) is 0 Å². The van der Waals surface area contributed by atoms with Crippen LogP contribution in [-0.4, -0.2) is 37.0 Å². The molecule has 0 aliphatic heterocycles. The molecule has 1 heterocycles. The van der Waals surface area contributed by atoms with Crippen molar-refractivity contribution in [3.05, 3.63) is 54.2 Å². The van der Waals surface area contributed by atoms with Crippen LogP contribution in [-0.2, 0) is 26.1 Å². The molecule has 0 bridgehead atoms. The molecule has 0 radical (unpaired) electrons. The van der Waals surface area contributed by atoms with Gasteiger partial charge in [0.15, 0.2) is 0 Å². The largest absolute Gasteiger partial charge is 0.447 e. The highest BCUT2D eigenvalue weighted by atomic mass is 32.2. The molecule has 0 atom stereocenters. The van der Waals surface area contributed by atoms with Crippen molar-refractivity contribution >= 4 is 39.0 Å². The highest BCUT2D eigenvalue weighted by Gasteiger charge is 2.27. The Morgan fingerprint density at radius 1 is 1.00 bits per heavy atom. The van der Waals surface area contributed by atoms with Crippen molar-refractivity contribution in [1.82, 2.24) is 15.0 Å². The zero-order valence-electron chi connectivity index (χ0n) is 24.2. The number of aromatic nitrogens is 1. The van der Waals surface area contributed by atoms with E-state index in [0.717, 1.165) is 5.56 Å². The Hall–Kier alpha value is -3.28. The van der Waals surface area contributed by atoms with Crippen LogP contribution >= 0.6 is 11.3 Å². The Morgan fingerprint density at radius 3 is 2.23 bits per heavy atom. The van der Waals surface area contributed by atoms with Crippen LogP contribution in [0.2, 0.25) is 0 Å². The summed E-state index contributed by atoms with van der Waals surface area (Å²) in [5.74, 6) is -0.126. The van der Waals surface area contributed by atoms with Crippen LogP contribution < -0.4 is 15.4 Å². The Morgan fingerprint density at radius 2 is 1.65 bits per heavy atom. The standard InChI is InChI=1S/C29H38N4O5S2/c1-18(2)38-27(35)32-21-12-10-20(11-13-21)25-30-17-23(39-25)22-14-9-19(16-31-26(34)28(3,4)5)15-24(22)40(36,37)33-29(6,7)8/h9-15,17-18,33H,16H2,1-8H3,(H,31,34)(H,32,35). The first-order valence-corrected chi connectivity index (χ1v) is 15.2. The van der Waals surface area contributed by atoms with E-state index in [-0.39, 0.29) is 23.5 Å². The number of ether oxygens (including phenoxy) is 1. The van der Waals surface area contributed by atoms with E-state index in [1.54, 1.807) is 65.1 Å². The SMILES string of the molecule is CC(C)OC(=O)Nc1ccc(-c2ncc(-c3ccc(CNC(=O)C(C)(C)C)cc3S(=O)(=O)NC(C)(C)C)s2)cc1. The van der Waals surface area contributed by atoms with Crippen molar-refractivity contribution in [1.29, 1.82) is 0 Å². The minimum absolute atomic E-state index is 0.114. The second-order valence-electron chi connectivity index (χ2n) is 11.8. The van der Waals surface area contributed by atoms with E-state index in [9.17, 15) is 18.0 Å². The first-order valence-electron chi connectivity index (χ1n) is 12.9. The number of carbonyl (C=O) groups excluding carboxylic acids is 2. The summed E-state index contributed by atoms with van der Waals surface area (Å²) >= 11 is 1.36. The lowest BCUT2D eigenvalue weighted by Gasteiger charge is -2.22. The molecule has 3 rings (SSSR count). The minimum atomic E-state index is -3.90. The van der Waals surface area contributed by atoms with Gasteiger partial charge >= 0.3 is 6.09 Å². The lowest BCUT2D eigenvalue weighted by atomic mass is 9.95. The summed E-state index contributed by atoms with van der Waals surface area (Å²) in [6, 6.07) is 12.3. The zero-order chi connectivity index (χ0) is 29.9. The molecule has 216 valence electrons. The van der Waals surface area contributed by atoms with E-state index in [1.165, 1.54) is 11.3 Å². The van der Waals surface area contributed by atoms with Crippen molar-refractivity contribution in [2.75, 3.05) is 5.32 Å². The predicted molar refractivity (Wildman–Crippen MR) is 160 cm³/mol. The van der Waals surface area contributed by atoms with Gasteiger partial charge in [-0.25, -0.2) is 22.9 Å². The number of hydrogen-bond acceptors (Lipinski definition) is 7. The molecule has 40 heavy (non-hydrogen) atoms. The molecule has 0 unspecified atom stereocenters. The topological polar surface area (TPSA) is 126 Å². The van der Waals surface area contributed by atoms with Gasteiger partial charge < -0.3 is 10.1 Å². The van der Waals surface area contributed by atoms with Crippen LogP contribution in [0.5, 0.6) is 0 Å². The number of benzene rings is 2. The highest BCUT2D eigenvalue weighted by molar-refractivity contribution is 7.89. The number of nitrogens with zero attached hydrogens (tertiary/aromatic N) is 1. The van der Waals surface area contributed by atoms with Gasteiger partial charge in [0.1, 0.15) is 5.01 Å². The molecular weight excluding hydrogens is 548 g/mol. The van der Waals surface area contributed by atoms with Gasteiger partial charge in [0.25, 0.3) is 0 Å². The molecule has 0 fully saturated rings. The fourth-order valence-electron chi connectivity index (χ4n) is 3.60. The Labute approximate surface area is 240 Å². The maximum Gasteiger partial charge on any atom is 0.411 e. The van der Waals surface area contributed by atoms with Crippen LogP contribution in [0.1, 0.15) is 61.0 Å². The molecule has 11 heteroatoms. The fourth-order valence-corrected chi connectivity index (χ4v) is 6.31. The molecule has 1 aromatic heterocycles. The predicted octanol–water partition coefficient (Wildman–Crippen LogP) is 6.17. The number of carbonyl (C=O) groups is 2. The van der Waals surface area contributed by atoms with Crippen molar-refractivity contribution in [3.8, 4) is 21.0 Å². The number of amides is 2. The zero-order valence-corrected chi connectivity index (χ0v) is 25.8. The summed E-state index contributed by atoms with van der Waals surface area (Å²) < 4.78 is 34.8. The first-order chi connectivity index (χ1) is 18.4. The van der Waals surface area contributed by atoms with Crippen molar-refractivity contribution < 1.29 is 22.7 Å².